The maximum absolute atomic E-state index is 13.7. The van der Waals surface area contributed by atoms with E-state index in [1.165, 1.54) is 6.07 Å². The van der Waals surface area contributed by atoms with Gasteiger partial charge in [-0.3, -0.25) is 0 Å². The van der Waals surface area contributed by atoms with Gasteiger partial charge in [-0.25, -0.2) is 4.39 Å². The third-order valence-electron chi connectivity index (χ3n) is 2.01. The average Bonchev–Trinajstić information content (AvgIpc) is 2.19. The Hall–Kier alpha value is -1.29. The summed E-state index contributed by atoms with van der Waals surface area (Å²) < 4.78 is 50.0. The SMILES string of the molecule is CN(CC(F)(F)F)c1ccc(C#N)c(Br)c1F. The Morgan fingerprint density at radius 3 is 2.47 bits per heavy atom. The van der Waals surface area contributed by atoms with E-state index in [-0.39, 0.29) is 15.7 Å². The molecular weight excluding hydrogens is 304 g/mol. The average molecular weight is 311 g/mol. The summed E-state index contributed by atoms with van der Waals surface area (Å²) in [6, 6.07) is 4.13. The molecule has 0 N–H and O–H groups in total. The van der Waals surface area contributed by atoms with E-state index < -0.39 is 18.5 Å². The number of nitriles is 1. The molecule has 0 aliphatic carbocycles. The minimum Gasteiger partial charge on any atom is -0.363 e. The number of hydrogen-bond acceptors (Lipinski definition) is 2. The molecule has 7 heteroatoms. The predicted octanol–water partition coefficient (Wildman–Crippen LogP) is 3.46. The largest absolute Gasteiger partial charge is 0.405 e. The molecule has 2 nitrogen and oxygen atoms in total. The van der Waals surface area contributed by atoms with Crippen molar-refractivity contribution in [2.45, 2.75) is 6.18 Å². The fraction of sp³-hybridized carbons (Fsp3) is 0.300. The van der Waals surface area contributed by atoms with Crippen molar-refractivity contribution in [3.63, 3.8) is 0 Å². The minimum atomic E-state index is -4.42. The topological polar surface area (TPSA) is 27.0 Å². The van der Waals surface area contributed by atoms with E-state index in [0.29, 0.717) is 0 Å². The van der Waals surface area contributed by atoms with E-state index >= 15 is 0 Å². The summed E-state index contributed by atoms with van der Waals surface area (Å²) in [6.07, 6.45) is -4.42. The molecule has 1 aromatic carbocycles. The number of nitrogens with zero attached hydrogens (tertiary/aromatic N) is 2. The van der Waals surface area contributed by atoms with Gasteiger partial charge in [0.1, 0.15) is 12.6 Å². The van der Waals surface area contributed by atoms with Crippen molar-refractivity contribution in [1.82, 2.24) is 0 Å². The number of anilines is 1. The van der Waals surface area contributed by atoms with Gasteiger partial charge in [-0.2, -0.15) is 18.4 Å². The van der Waals surface area contributed by atoms with E-state index in [0.717, 1.165) is 18.0 Å². The van der Waals surface area contributed by atoms with Gasteiger partial charge in [0.05, 0.1) is 15.7 Å². The van der Waals surface area contributed by atoms with Crippen molar-refractivity contribution >= 4 is 21.6 Å². The lowest BCUT2D eigenvalue weighted by molar-refractivity contribution is -0.119. The number of alkyl halides is 3. The molecule has 0 radical (unpaired) electrons. The van der Waals surface area contributed by atoms with Gasteiger partial charge in [0, 0.05) is 7.05 Å². The monoisotopic (exact) mass is 310 g/mol. The summed E-state index contributed by atoms with van der Waals surface area (Å²) in [4.78, 5) is 0.737. The van der Waals surface area contributed by atoms with Crippen molar-refractivity contribution in [3.8, 4) is 6.07 Å². The number of hydrogen-bond donors (Lipinski definition) is 0. The van der Waals surface area contributed by atoms with E-state index in [2.05, 4.69) is 15.9 Å². The van der Waals surface area contributed by atoms with E-state index in [1.54, 1.807) is 6.07 Å². The molecule has 0 heterocycles. The molecule has 17 heavy (non-hydrogen) atoms. The minimum absolute atomic E-state index is 0.0339. The zero-order chi connectivity index (χ0) is 13.2. The lowest BCUT2D eigenvalue weighted by Gasteiger charge is -2.21. The molecule has 0 unspecified atom stereocenters. The van der Waals surface area contributed by atoms with Crippen LogP contribution < -0.4 is 4.90 Å². The Balaban J connectivity index is 3.09. The second-order valence-corrected chi connectivity index (χ2v) is 4.14. The van der Waals surface area contributed by atoms with Crippen LogP contribution >= 0.6 is 15.9 Å². The lowest BCUT2D eigenvalue weighted by atomic mass is 10.2. The molecular formula is C10H7BrF4N2. The van der Waals surface area contributed by atoms with Crippen LogP contribution in [0.2, 0.25) is 0 Å². The summed E-state index contributed by atoms with van der Waals surface area (Å²) in [5.74, 6) is -0.879. The van der Waals surface area contributed by atoms with Crippen molar-refractivity contribution in [2.75, 3.05) is 18.5 Å². The van der Waals surface area contributed by atoms with Gasteiger partial charge in [0.15, 0.2) is 5.82 Å². The molecule has 0 aromatic heterocycles. The third-order valence-corrected chi connectivity index (χ3v) is 2.79. The van der Waals surface area contributed by atoms with Crippen molar-refractivity contribution in [2.24, 2.45) is 0 Å². The van der Waals surface area contributed by atoms with Crippen LogP contribution in [0.5, 0.6) is 0 Å². The fourth-order valence-electron chi connectivity index (χ4n) is 1.27. The van der Waals surface area contributed by atoms with Gasteiger partial charge >= 0.3 is 6.18 Å². The lowest BCUT2D eigenvalue weighted by Crippen LogP contribution is -2.31. The molecule has 1 aromatic rings. The first kappa shape index (κ1) is 13.8. The maximum Gasteiger partial charge on any atom is 0.405 e. The van der Waals surface area contributed by atoms with Gasteiger partial charge in [0.2, 0.25) is 0 Å². The molecule has 0 spiro atoms. The molecule has 0 fully saturated rings. The normalized spacial score (nSPS) is 11.1. The first-order valence-electron chi connectivity index (χ1n) is 4.42. The first-order valence-corrected chi connectivity index (χ1v) is 5.21. The molecule has 1 rings (SSSR count). The van der Waals surface area contributed by atoms with Crippen LogP contribution in [-0.2, 0) is 0 Å². The molecule has 0 amide bonds. The highest BCUT2D eigenvalue weighted by atomic mass is 79.9. The van der Waals surface area contributed by atoms with Crippen LogP contribution in [0, 0.1) is 17.1 Å². The summed E-state index contributed by atoms with van der Waals surface area (Å²) >= 11 is 2.83. The molecule has 0 atom stereocenters. The van der Waals surface area contributed by atoms with E-state index in [4.69, 9.17) is 5.26 Å². The zero-order valence-corrected chi connectivity index (χ0v) is 10.2. The molecule has 0 bridgehead atoms. The van der Waals surface area contributed by atoms with Gasteiger partial charge in [0.25, 0.3) is 0 Å². The van der Waals surface area contributed by atoms with Crippen molar-refractivity contribution < 1.29 is 17.6 Å². The summed E-state index contributed by atoms with van der Waals surface area (Å²) in [5, 5.41) is 8.62. The standard InChI is InChI=1S/C10H7BrF4N2/c1-17(5-10(13,14)15)7-3-2-6(4-16)8(11)9(7)12/h2-3H,5H2,1H3. The maximum atomic E-state index is 13.7. The number of halogens is 5. The predicted molar refractivity (Wildman–Crippen MR) is 58.1 cm³/mol. The quantitative estimate of drug-likeness (QED) is 0.782. The second-order valence-electron chi connectivity index (χ2n) is 3.34. The van der Waals surface area contributed by atoms with E-state index in [9.17, 15) is 17.6 Å². The van der Waals surface area contributed by atoms with Gasteiger partial charge in [-0.05, 0) is 28.1 Å². The number of rotatable bonds is 2. The summed E-state index contributed by atoms with van der Waals surface area (Å²) in [5.41, 5.74) is -0.181. The molecule has 92 valence electrons. The van der Waals surface area contributed by atoms with Crippen molar-refractivity contribution in [3.05, 3.63) is 28.0 Å². The smallest absolute Gasteiger partial charge is 0.363 e. The molecule has 0 aliphatic rings. The fourth-order valence-corrected chi connectivity index (χ4v) is 1.70. The zero-order valence-electron chi connectivity index (χ0n) is 8.65. The first-order chi connectivity index (χ1) is 7.76. The Labute approximate surface area is 104 Å². The van der Waals surface area contributed by atoms with Gasteiger partial charge in [-0.1, -0.05) is 0 Å². The van der Waals surface area contributed by atoms with Crippen LogP contribution in [-0.4, -0.2) is 19.8 Å². The Morgan fingerprint density at radius 2 is 2.00 bits per heavy atom. The molecule has 0 saturated heterocycles. The van der Waals surface area contributed by atoms with Crippen LogP contribution in [0.4, 0.5) is 23.2 Å². The van der Waals surface area contributed by atoms with Crippen LogP contribution in [0.15, 0.2) is 16.6 Å². The van der Waals surface area contributed by atoms with Gasteiger partial charge in [-0.15, -0.1) is 0 Å². The van der Waals surface area contributed by atoms with E-state index in [1.807, 2.05) is 0 Å². The molecule has 0 aliphatic heterocycles. The van der Waals surface area contributed by atoms with Crippen LogP contribution in [0.1, 0.15) is 5.56 Å². The molecule has 0 saturated carbocycles. The number of benzene rings is 1. The Bertz CT molecular complexity index is 465. The van der Waals surface area contributed by atoms with Crippen molar-refractivity contribution in [1.29, 1.82) is 5.26 Å². The second kappa shape index (κ2) is 4.92. The van der Waals surface area contributed by atoms with Crippen LogP contribution in [0.25, 0.3) is 0 Å². The Morgan fingerprint density at radius 1 is 1.41 bits per heavy atom. The third kappa shape index (κ3) is 3.33. The Kier molecular flexibility index (Phi) is 3.98. The summed E-state index contributed by atoms with van der Waals surface area (Å²) in [6.45, 7) is -1.26. The highest BCUT2D eigenvalue weighted by Gasteiger charge is 2.30. The highest BCUT2D eigenvalue weighted by molar-refractivity contribution is 9.10. The van der Waals surface area contributed by atoms with Gasteiger partial charge < -0.3 is 4.90 Å². The summed E-state index contributed by atoms with van der Waals surface area (Å²) in [7, 11) is 1.13. The highest BCUT2D eigenvalue weighted by Crippen LogP contribution is 2.30. The van der Waals surface area contributed by atoms with Crippen LogP contribution in [0.3, 0.4) is 0 Å².